The summed E-state index contributed by atoms with van der Waals surface area (Å²) in [6.45, 7) is 1.08. The van der Waals surface area contributed by atoms with Crippen LogP contribution in [0.1, 0.15) is 36.6 Å². The molecule has 0 bridgehead atoms. The lowest BCUT2D eigenvalue weighted by atomic mass is 10.1. The molecule has 3 rings (SSSR count). The van der Waals surface area contributed by atoms with Crippen molar-refractivity contribution in [1.29, 1.82) is 0 Å². The minimum absolute atomic E-state index is 0.657. The third kappa shape index (κ3) is 2.38. The molecule has 0 saturated carbocycles. The van der Waals surface area contributed by atoms with Crippen LogP contribution in [0, 0.1) is 0 Å². The Bertz CT molecular complexity index is 530. The smallest absolute Gasteiger partial charge is 0.180 e. The molecule has 2 aromatic rings. The van der Waals surface area contributed by atoms with Gasteiger partial charge in [0.05, 0.1) is 5.69 Å². The molecule has 6 heteroatoms. The highest BCUT2D eigenvalue weighted by molar-refractivity contribution is 7.13. The standard InChI is InChI=1S/C12H17N5S/c13-12-14-9(8-18-12)4-3-6-11-16-15-10-5-1-2-7-17(10)11/h8H,1-7H2,(H2,13,14). The topological polar surface area (TPSA) is 69.6 Å². The lowest BCUT2D eigenvalue weighted by Crippen LogP contribution is -2.13. The van der Waals surface area contributed by atoms with Crippen molar-refractivity contribution in [2.24, 2.45) is 0 Å². The summed E-state index contributed by atoms with van der Waals surface area (Å²) in [4.78, 5) is 4.27. The van der Waals surface area contributed by atoms with Gasteiger partial charge in [-0.3, -0.25) is 0 Å². The summed E-state index contributed by atoms with van der Waals surface area (Å²) in [5.41, 5.74) is 6.71. The van der Waals surface area contributed by atoms with Crippen molar-refractivity contribution in [3.63, 3.8) is 0 Å². The Balaban J connectivity index is 1.58. The first-order valence-electron chi connectivity index (χ1n) is 6.44. The molecule has 1 aliphatic heterocycles. The Hall–Kier alpha value is -1.43. The van der Waals surface area contributed by atoms with E-state index in [1.807, 2.05) is 5.38 Å². The minimum atomic E-state index is 0.657. The second kappa shape index (κ2) is 5.06. The van der Waals surface area contributed by atoms with Gasteiger partial charge in [-0.05, 0) is 25.7 Å². The van der Waals surface area contributed by atoms with Gasteiger partial charge in [-0.25, -0.2) is 4.98 Å². The molecule has 0 amide bonds. The van der Waals surface area contributed by atoms with E-state index in [0.29, 0.717) is 5.13 Å². The lowest BCUT2D eigenvalue weighted by molar-refractivity contribution is 0.504. The van der Waals surface area contributed by atoms with Gasteiger partial charge in [-0.2, -0.15) is 0 Å². The summed E-state index contributed by atoms with van der Waals surface area (Å²) in [6, 6.07) is 0. The maximum absolute atomic E-state index is 5.62. The number of anilines is 1. The Morgan fingerprint density at radius 3 is 3.06 bits per heavy atom. The first-order valence-corrected chi connectivity index (χ1v) is 7.32. The van der Waals surface area contributed by atoms with Crippen LogP contribution in [0.4, 0.5) is 5.13 Å². The second-order valence-corrected chi connectivity index (χ2v) is 5.56. The van der Waals surface area contributed by atoms with Crippen molar-refractivity contribution in [3.8, 4) is 0 Å². The van der Waals surface area contributed by atoms with Gasteiger partial charge in [0.25, 0.3) is 0 Å². The Labute approximate surface area is 110 Å². The molecule has 18 heavy (non-hydrogen) atoms. The molecule has 96 valence electrons. The summed E-state index contributed by atoms with van der Waals surface area (Å²) in [6.07, 6.45) is 6.58. The van der Waals surface area contributed by atoms with E-state index in [9.17, 15) is 0 Å². The molecule has 3 heterocycles. The van der Waals surface area contributed by atoms with Crippen LogP contribution in [0.2, 0.25) is 0 Å². The molecule has 0 aliphatic carbocycles. The van der Waals surface area contributed by atoms with Gasteiger partial charge in [-0.1, -0.05) is 0 Å². The van der Waals surface area contributed by atoms with E-state index in [-0.39, 0.29) is 0 Å². The Morgan fingerprint density at radius 1 is 1.28 bits per heavy atom. The predicted octanol–water partition coefficient (Wildman–Crippen LogP) is 1.83. The molecule has 0 spiro atoms. The van der Waals surface area contributed by atoms with Gasteiger partial charge in [0.2, 0.25) is 0 Å². The number of hydrogen-bond acceptors (Lipinski definition) is 5. The average Bonchev–Trinajstić information content (AvgIpc) is 2.97. The van der Waals surface area contributed by atoms with Crippen molar-refractivity contribution >= 4 is 16.5 Å². The highest BCUT2D eigenvalue weighted by atomic mass is 32.1. The fourth-order valence-corrected chi connectivity index (χ4v) is 3.02. The maximum atomic E-state index is 5.62. The largest absolute Gasteiger partial charge is 0.375 e. The predicted molar refractivity (Wildman–Crippen MR) is 71.5 cm³/mol. The van der Waals surface area contributed by atoms with Crippen molar-refractivity contribution < 1.29 is 0 Å². The molecule has 0 aromatic carbocycles. The normalized spacial score (nSPS) is 14.7. The van der Waals surface area contributed by atoms with Gasteiger partial charge in [0, 0.05) is 24.8 Å². The number of thiazole rings is 1. The third-order valence-electron chi connectivity index (χ3n) is 3.34. The van der Waals surface area contributed by atoms with Crippen LogP contribution in [0.25, 0.3) is 0 Å². The second-order valence-electron chi connectivity index (χ2n) is 4.67. The van der Waals surface area contributed by atoms with Gasteiger partial charge in [-0.15, -0.1) is 21.5 Å². The summed E-state index contributed by atoms with van der Waals surface area (Å²) < 4.78 is 2.29. The number of nitrogen functional groups attached to an aromatic ring is 1. The number of aromatic nitrogens is 4. The molecule has 2 aromatic heterocycles. The fraction of sp³-hybridized carbons (Fsp3) is 0.583. The van der Waals surface area contributed by atoms with Crippen molar-refractivity contribution in [2.45, 2.75) is 45.1 Å². The van der Waals surface area contributed by atoms with Crippen molar-refractivity contribution in [1.82, 2.24) is 19.7 Å². The van der Waals surface area contributed by atoms with Crippen molar-refractivity contribution in [2.75, 3.05) is 5.73 Å². The molecule has 0 saturated heterocycles. The van der Waals surface area contributed by atoms with Crippen LogP contribution in [-0.2, 0) is 25.8 Å². The van der Waals surface area contributed by atoms with E-state index < -0.39 is 0 Å². The van der Waals surface area contributed by atoms with Crippen LogP contribution in [0.5, 0.6) is 0 Å². The van der Waals surface area contributed by atoms with Gasteiger partial charge < -0.3 is 10.3 Å². The zero-order valence-corrected chi connectivity index (χ0v) is 11.1. The minimum Gasteiger partial charge on any atom is -0.375 e. The zero-order valence-electron chi connectivity index (χ0n) is 10.3. The van der Waals surface area contributed by atoms with E-state index in [1.54, 1.807) is 0 Å². The zero-order chi connectivity index (χ0) is 12.4. The summed E-state index contributed by atoms with van der Waals surface area (Å²) in [5.74, 6) is 2.29. The van der Waals surface area contributed by atoms with E-state index in [1.165, 1.54) is 24.2 Å². The Kier molecular flexibility index (Phi) is 3.27. The fourth-order valence-electron chi connectivity index (χ4n) is 2.42. The molecule has 1 aliphatic rings. The molecule has 0 unspecified atom stereocenters. The number of hydrogen-bond donors (Lipinski definition) is 1. The van der Waals surface area contributed by atoms with Crippen LogP contribution >= 0.6 is 11.3 Å². The molecule has 0 atom stereocenters. The van der Waals surface area contributed by atoms with Crippen molar-refractivity contribution in [3.05, 3.63) is 22.7 Å². The number of nitrogens with two attached hydrogens (primary N) is 1. The summed E-state index contributed by atoms with van der Waals surface area (Å²) >= 11 is 1.51. The van der Waals surface area contributed by atoms with Crippen LogP contribution in [0.3, 0.4) is 0 Å². The SMILES string of the molecule is Nc1nc(CCCc2nnc3n2CCCC3)cs1. The van der Waals surface area contributed by atoms with Gasteiger partial charge in [0.1, 0.15) is 11.6 Å². The molecular formula is C12H17N5S. The summed E-state index contributed by atoms with van der Waals surface area (Å²) in [5, 5.41) is 11.3. The van der Waals surface area contributed by atoms with E-state index in [2.05, 4.69) is 19.7 Å². The highest BCUT2D eigenvalue weighted by Crippen LogP contribution is 2.17. The van der Waals surface area contributed by atoms with Gasteiger partial charge in [0.15, 0.2) is 5.13 Å². The van der Waals surface area contributed by atoms with E-state index in [4.69, 9.17) is 5.73 Å². The van der Waals surface area contributed by atoms with E-state index in [0.717, 1.165) is 49.6 Å². The first kappa shape index (κ1) is 11.6. The lowest BCUT2D eigenvalue weighted by Gasteiger charge is -2.14. The third-order valence-corrected chi connectivity index (χ3v) is 4.06. The number of rotatable bonds is 4. The molecule has 0 fully saturated rings. The molecule has 2 N–H and O–H groups in total. The summed E-state index contributed by atoms with van der Waals surface area (Å²) in [7, 11) is 0. The molecular weight excluding hydrogens is 246 g/mol. The maximum Gasteiger partial charge on any atom is 0.180 e. The number of nitrogens with zero attached hydrogens (tertiary/aromatic N) is 4. The Morgan fingerprint density at radius 2 is 2.22 bits per heavy atom. The number of fused-ring (bicyclic) bond motifs is 1. The molecule has 0 radical (unpaired) electrons. The molecule has 5 nitrogen and oxygen atoms in total. The number of aryl methyl sites for hydroxylation is 3. The highest BCUT2D eigenvalue weighted by Gasteiger charge is 2.15. The van der Waals surface area contributed by atoms with Crippen LogP contribution < -0.4 is 5.73 Å². The quantitative estimate of drug-likeness (QED) is 0.913. The van der Waals surface area contributed by atoms with Crippen LogP contribution in [0.15, 0.2) is 5.38 Å². The van der Waals surface area contributed by atoms with Gasteiger partial charge >= 0.3 is 0 Å². The monoisotopic (exact) mass is 263 g/mol. The van der Waals surface area contributed by atoms with Crippen LogP contribution in [-0.4, -0.2) is 19.7 Å². The first-order chi connectivity index (χ1) is 8.83. The van der Waals surface area contributed by atoms with E-state index >= 15 is 0 Å². The average molecular weight is 263 g/mol.